The number of hydrogen-bond acceptors (Lipinski definition) is 3. The first-order chi connectivity index (χ1) is 11.8. The summed E-state index contributed by atoms with van der Waals surface area (Å²) in [6.07, 6.45) is 5.47. The summed E-state index contributed by atoms with van der Waals surface area (Å²) in [4.78, 5) is 7.27. The smallest absolute Gasteiger partial charge is 0.194 e. The Labute approximate surface area is 167 Å². The molecule has 5 nitrogen and oxygen atoms in total. The van der Waals surface area contributed by atoms with E-state index in [2.05, 4.69) is 17.1 Å². The van der Waals surface area contributed by atoms with Gasteiger partial charge in [-0.05, 0) is 43.7 Å². The van der Waals surface area contributed by atoms with E-state index in [4.69, 9.17) is 14.5 Å². The average molecular weight is 457 g/mol. The molecule has 1 saturated heterocycles. The van der Waals surface area contributed by atoms with Gasteiger partial charge in [-0.1, -0.05) is 18.6 Å². The molecule has 0 aromatic heterocycles. The highest BCUT2D eigenvalue weighted by atomic mass is 127. The lowest BCUT2D eigenvalue weighted by Gasteiger charge is -2.38. The van der Waals surface area contributed by atoms with E-state index in [0.717, 1.165) is 37.1 Å². The SMILES string of the molecule is CCNC(=NCC1COc2ccccc2O1)N1CCC2(CCC2)C1.I. The fraction of sp³-hybridized carbons (Fsp3) is 0.632. The Morgan fingerprint density at radius 3 is 2.76 bits per heavy atom. The van der Waals surface area contributed by atoms with Crippen LogP contribution in [0.4, 0.5) is 0 Å². The molecular weight excluding hydrogens is 429 g/mol. The molecule has 1 aromatic rings. The lowest BCUT2D eigenvalue weighted by molar-refractivity contribution is 0.0968. The lowest BCUT2D eigenvalue weighted by atomic mass is 9.68. The standard InChI is InChI=1S/C19H27N3O2.HI/c1-2-20-18(22-11-10-19(14-22)8-5-9-19)21-12-15-13-23-16-6-3-4-7-17(16)24-15;/h3-4,6-7,15H,2,5,8-14H2,1H3,(H,20,21);1H. The molecule has 1 N–H and O–H groups in total. The molecule has 2 fully saturated rings. The number of para-hydroxylation sites is 2. The molecule has 0 radical (unpaired) electrons. The van der Waals surface area contributed by atoms with Crippen LogP contribution in [0.1, 0.15) is 32.6 Å². The topological polar surface area (TPSA) is 46.1 Å². The largest absolute Gasteiger partial charge is 0.486 e. The number of halogens is 1. The molecule has 2 aliphatic heterocycles. The fourth-order valence-corrected chi connectivity index (χ4v) is 3.97. The third-order valence-electron chi connectivity index (χ3n) is 5.50. The van der Waals surface area contributed by atoms with E-state index in [0.29, 0.717) is 18.6 Å². The number of ether oxygens (including phenoxy) is 2. The number of nitrogens with one attached hydrogen (secondary N) is 1. The number of guanidine groups is 1. The van der Waals surface area contributed by atoms with Crippen molar-refractivity contribution < 1.29 is 9.47 Å². The Hall–Kier alpha value is -1.18. The second-order valence-corrected chi connectivity index (χ2v) is 7.22. The number of nitrogens with zero attached hydrogens (tertiary/aromatic N) is 2. The van der Waals surface area contributed by atoms with Crippen LogP contribution in [0.5, 0.6) is 11.5 Å². The van der Waals surface area contributed by atoms with Crippen molar-refractivity contribution in [2.24, 2.45) is 10.4 Å². The van der Waals surface area contributed by atoms with Crippen LogP contribution in [0.15, 0.2) is 29.3 Å². The van der Waals surface area contributed by atoms with E-state index in [-0.39, 0.29) is 30.1 Å². The molecule has 138 valence electrons. The molecule has 1 saturated carbocycles. The van der Waals surface area contributed by atoms with E-state index in [1.165, 1.54) is 25.7 Å². The van der Waals surface area contributed by atoms with Crippen LogP contribution in [-0.4, -0.2) is 49.7 Å². The molecule has 1 unspecified atom stereocenters. The van der Waals surface area contributed by atoms with Crippen molar-refractivity contribution in [2.75, 3.05) is 32.8 Å². The number of fused-ring (bicyclic) bond motifs is 1. The predicted molar refractivity (Wildman–Crippen MR) is 110 cm³/mol. The maximum Gasteiger partial charge on any atom is 0.194 e. The Bertz CT molecular complexity index is 618. The van der Waals surface area contributed by atoms with Gasteiger partial charge in [0.05, 0.1) is 6.54 Å². The fourth-order valence-electron chi connectivity index (χ4n) is 3.97. The van der Waals surface area contributed by atoms with Gasteiger partial charge >= 0.3 is 0 Å². The van der Waals surface area contributed by atoms with Crippen LogP contribution >= 0.6 is 24.0 Å². The highest BCUT2D eigenvalue weighted by Gasteiger charge is 2.43. The summed E-state index contributed by atoms with van der Waals surface area (Å²) in [6.45, 7) is 6.48. The lowest BCUT2D eigenvalue weighted by Crippen LogP contribution is -2.43. The monoisotopic (exact) mass is 457 g/mol. The van der Waals surface area contributed by atoms with E-state index >= 15 is 0 Å². The average Bonchev–Trinajstić information content (AvgIpc) is 3.04. The molecule has 25 heavy (non-hydrogen) atoms. The summed E-state index contributed by atoms with van der Waals surface area (Å²) >= 11 is 0. The Morgan fingerprint density at radius 2 is 2.08 bits per heavy atom. The molecule has 2 heterocycles. The Kier molecular flexibility index (Phi) is 5.96. The first-order valence-corrected chi connectivity index (χ1v) is 9.20. The summed E-state index contributed by atoms with van der Waals surface area (Å²) in [5.74, 6) is 2.68. The highest BCUT2D eigenvalue weighted by Crippen LogP contribution is 2.47. The summed E-state index contributed by atoms with van der Waals surface area (Å²) in [5, 5.41) is 3.45. The molecule has 6 heteroatoms. The molecule has 1 spiro atoms. The summed E-state index contributed by atoms with van der Waals surface area (Å²) in [5.41, 5.74) is 0.583. The number of aliphatic imine (C=N–C) groups is 1. The van der Waals surface area contributed by atoms with Crippen LogP contribution in [0.3, 0.4) is 0 Å². The van der Waals surface area contributed by atoms with E-state index < -0.39 is 0 Å². The van der Waals surface area contributed by atoms with E-state index in [1.807, 2.05) is 24.3 Å². The van der Waals surface area contributed by atoms with Crippen molar-refractivity contribution in [3.05, 3.63) is 24.3 Å². The van der Waals surface area contributed by atoms with Crippen molar-refractivity contribution in [1.29, 1.82) is 0 Å². The van der Waals surface area contributed by atoms with Crippen molar-refractivity contribution in [1.82, 2.24) is 10.2 Å². The third kappa shape index (κ3) is 3.99. The second kappa shape index (κ2) is 8.01. The van der Waals surface area contributed by atoms with Crippen LogP contribution in [0.25, 0.3) is 0 Å². The molecule has 1 atom stereocenters. The third-order valence-corrected chi connectivity index (χ3v) is 5.50. The Morgan fingerprint density at radius 1 is 1.28 bits per heavy atom. The summed E-state index contributed by atoms with van der Waals surface area (Å²) in [6, 6.07) is 7.84. The van der Waals surface area contributed by atoms with Gasteiger partial charge in [-0.2, -0.15) is 0 Å². The zero-order valence-corrected chi connectivity index (χ0v) is 17.2. The molecule has 0 amide bonds. The van der Waals surface area contributed by atoms with Crippen LogP contribution in [-0.2, 0) is 0 Å². The van der Waals surface area contributed by atoms with E-state index in [9.17, 15) is 0 Å². The number of likely N-dealkylation sites (tertiary alicyclic amines) is 1. The first kappa shape index (κ1) is 18.6. The molecule has 3 aliphatic rings. The maximum absolute atomic E-state index is 6.02. The number of hydrogen-bond donors (Lipinski definition) is 1. The van der Waals surface area contributed by atoms with Crippen molar-refractivity contribution in [3.8, 4) is 11.5 Å². The zero-order valence-electron chi connectivity index (χ0n) is 14.9. The van der Waals surface area contributed by atoms with Gasteiger partial charge in [0.15, 0.2) is 23.6 Å². The quantitative estimate of drug-likeness (QED) is 0.430. The number of benzene rings is 1. The van der Waals surface area contributed by atoms with Crippen LogP contribution < -0.4 is 14.8 Å². The second-order valence-electron chi connectivity index (χ2n) is 7.22. The summed E-state index contributed by atoms with van der Waals surface area (Å²) < 4.78 is 11.8. The molecule has 4 rings (SSSR count). The van der Waals surface area contributed by atoms with E-state index in [1.54, 1.807) is 0 Å². The van der Waals surface area contributed by atoms with Gasteiger partial charge in [-0.25, -0.2) is 4.99 Å². The van der Waals surface area contributed by atoms with Gasteiger partial charge in [-0.3, -0.25) is 0 Å². The van der Waals surface area contributed by atoms with Gasteiger partial charge in [0, 0.05) is 19.6 Å². The van der Waals surface area contributed by atoms with Gasteiger partial charge in [0.25, 0.3) is 0 Å². The molecular formula is C19H28IN3O2. The minimum absolute atomic E-state index is 0. The molecule has 1 aliphatic carbocycles. The van der Waals surface area contributed by atoms with Crippen molar-refractivity contribution >= 4 is 29.9 Å². The van der Waals surface area contributed by atoms with Crippen LogP contribution in [0, 0.1) is 5.41 Å². The zero-order chi connectivity index (χ0) is 16.4. The van der Waals surface area contributed by atoms with Crippen molar-refractivity contribution in [3.63, 3.8) is 0 Å². The minimum atomic E-state index is -0.0196. The van der Waals surface area contributed by atoms with Gasteiger partial charge < -0.3 is 19.7 Å². The maximum atomic E-state index is 6.02. The summed E-state index contributed by atoms with van der Waals surface area (Å²) in [7, 11) is 0. The first-order valence-electron chi connectivity index (χ1n) is 9.20. The minimum Gasteiger partial charge on any atom is -0.486 e. The van der Waals surface area contributed by atoms with Crippen LogP contribution in [0.2, 0.25) is 0 Å². The molecule has 0 bridgehead atoms. The van der Waals surface area contributed by atoms with Gasteiger partial charge in [0.1, 0.15) is 6.61 Å². The van der Waals surface area contributed by atoms with Crippen molar-refractivity contribution in [2.45, 2.75) is 38.7 Å². The van der Waals surface area contributed by atoms with Gasteiger partial charge in [0.2, 0.25) is 0 Å². The Balaban J connectivity index is 0.00000182. The highest BCUT2D eigenvalue weighted by molar-refractivity contribution is 14.0. The predicted octanol–water partition coefficient (Wildman–Crippen LogP) is 3.29. The van der Waals surface area contributed by atoms with Gasteiger partial charge in [-0.15, -0.1) is 24.0 Å². The normalized spacial score (nSPS) is 23.8. The number of rotatable bonds is 3. The molecule has 1 aromatic carbocycles.